The van der Waals surface area contributed by atoms with Gasteiger partial charge in [-0.15, -0.1) is 0 Å². The standard InChI is InChI=1S/C26H32N2O7/c1-6-7-20(26(31)32)28-19-11-9-16-17(13-21(19)30)18(27-14(2)29)10-8-15-12-22(33-3)24(34-4)25(35-5)23(15)16/h9,11-13,18,20H,6-8,10H2,1-5H3,(H,27,29)(H,28,30)(H,31,32)/t18-,20?/m1/s1. The Hall–Kier alpha value is -3.75. The van der Waals surface area contributed by atoms with Crippen LogP contribution >= 0.6 is 0 Å². The second kappa shape index (κ2) is 11.1. The number of aliphatic carboxylic acids is 1. The van der Waals surface area contributed by atoms with E-state index in [-0.39, 0.29) is 17.0 Å². The molecule has 9 heteroatoms. The monoisotopic (exact) mass is 484 g/mol. The van der Waals surface area contributed by atoms with Crippen LogP contribution in [0.25, 0.3) is 11.1 Å². The van der Waals surface area contributed by atoms with Gasteiger partial charge in [0.1, 0.15) is 6.04 Å². The number of carbonyl (C=O) groups excluding carboxylic acids is 1. The summed E-state index contributed by atoms with van der Waals surface area (Å²) in [5.41, 5.74) is 2.74. The Balaban J connectivity index is 2.32. The summed E-state index contributed by atoms with van der Waals surface area (Å²) >= 11 is 0. The van der Waals surface area contributed by atoms with Gasteiger partial charge in [0, 0.05) is 12.5 Å². The van der Waals surface area contributed by atoms with Crippen molar-refractivity contribution in [3.63, 3.8) is 0 Å². The number of carbonyl (C=O) groups is 2. The van der Waals surface area contributed by atoms with E-state index in [1.165, 1.54) is 27.2 Å². The van der Waals surface area contributed by atoms with E-state index in [0.29, 0.717) is 54.1 Å². The number of aryl methyl sites for hydroxylation is 1. The minimum atomic E-state index is -1.03. The van der Waals surface area contributed by atoms with Crippen LogP contribution in [0.5, 0.6) is 17.2 Å². The van der Waals surface area contributed by atoms with E-state index < -0.39 is 18.1 Å². The van der Waals surface area contributed by atoms with Gasteiger partial charge in [-0.25, -0.2) is 4.79 Å². The lowest BCUT2D eigenvalue weighted by molar-refractivity contribution is -0.138. The Labute approximate surface area is 204 Å². The fourth-order valence-electron chi connectivity index (χ4n) is 4.56. The summed E-state index contributed by atoms with van der Waals surface area (Å²) in [7, 11) is 4.60. The number of fused-ring (bicyclic) bond motifs is 3. The third kappa shape index (κ3) is 5.34. The maximum atomic E-state index is 13.2. The van der Waals surface area contributed by atoms with Crippen LogP contribution in [0.3, 0.4) is 0 Å². The molecule has 0 fully saturated rings. The molecule has 2 atom stereocenters. The summed E-state index contributed by atoms with van der Waals surface area (Å²) < 4.78 is 16.9. The summed E-state index contributed by atoms with van der Waals surface area (Å²) in [6.45, 7) is 3.31. The van der Waals surface area contributed by atoms with Crippen LogP contribution in [-0.4, -0.2) is 44.4 Å². The number of amides is 1. The van der Waals surface area contributed by atoms with E-state index >= 15 is 0 Å². The number of carboxylic acids is 1. The molecule has 0 bridgehead atoms. The summed E-state index contributed by atoms with van der Waals surface area (Å²) in [5, 5.41) is 15.4. The molecule has 2 aromatic carbocycles. The largest absolute Gasteiger partial charge is 0.493 e. The predicted molar refractivity (Wildman–Crippen MR) is 133 cm³/mol. The number of nitrogens with one attached hydrogen (secondary N) is 2. The van der Waals surface area contributed by atoms with Gasteiger partial charge in [0.25, 0.3) is 0 Å². The van der Waals surface area contributed by atoms with Crippen LogP contribution in [0.1, 0.15) is 50.3 Å². The van der Waals surface area contributed by atoms with Gasteiger partial charge in [-0.3, -0.25) is 9.59 Å². The third-order valence-corrected chi connectivity index (χ3v) is 6.12. The van der Waals surface area contributed by atoms with Crippen LogP contribution in [0.15, 0.2) is 29.1 Å². The summed E-state index contributed by atoms with van der Waals surface area (Å²) in [6, 6.07) is 5.36. The summed E-state index contributed by atoms with van der Waals surface area (Å²) in [4.78, 5) is 36.9. The molecule has 1 unspecified atom stereocenters. The molecule has 3 rings (SSSR count). The molecule has 188 valence electrons. The van der Waals surface area contributed by atoms with Crippen LogP contribution in [0.2, 0.25) is 0 Å². The Morgan fingerprint density at radius 3 is 2.40 bits per heavy atom. The molecule has 0 aliphatic heterocycles. The molecule has 0 aromatic heterocycles. The lowest BCUT2D eigenvalue weighted by atomic mass is 9.95. The molecular formula is C26H32N2O7. The predicted octanol–water partition coefficient (Wildman–Crippen LogP) is 3.53. The molecule has 0 heterocycles. The van der Waals surface area contributed by atoms with Crippen LogP contribution in [-0.2, 0) is 16.0 Å². The van der Waals surface area contributed by atoms with Gasteiger partial charge in [-0.1, -0.05) is 19.4 Å². The van der Waals surface area contributed by atoms with Gasteiger partial charge in [0.05, 0.1) is 33.1 Å². The molecule has 1 amide bonds. The minimum Gasteiger partial charge on any atom is -0.493 e. The number of rotatable bonds is 9. The molecular weight excluding hydrogens is 452 g/mol. The number of benzene rings is 1. The highest BCUT2D eigenvalue weighted by Crippen LogP contribution is 2.50. The van der Waals surface area contributed by atoms with E-state index in [4.69, 9.17) is 14.2 Å². The average Bonchev–Trinajstić information content (AvgIpc) is 3.06. The lowest BCUT2D eigenvalue weighted by Gasteiger charge is -2.19. The number of carboxylic acid groups (broad SMARTS) is 1. The normalized spacial score (nSPS) is 15.1. The van der Waals surface area contributed by atoms with Crippen molar-refractivity contribution >= 4 is 17.6 Å². The first kappa shape index (κ1) is 25.9. The fourth-order valence-corrected chi connectivity index (χ4v) is 4.56. The molecule has 2 aromatic rings. The van der Waals surface area contributed by atoms with E-state index in [1.54, 1.807) is 19.2 Å². The van der Waals surface area contributed by atoms with Crippen LogP contribution in [0.4, 0.5) is 5.69 Å². The highest BCUT2D eigenvalue weighted by Gasteiger charge is 2.29. The average molecular weight is 485 g/mol. The highest BCUT2D eigenvalue weighted by atomic mass is 16.5. The van der Waals surface area contributed by atoms with Gasteiger partial charge in [-0.2, -0.15) is 0 Å². The molecule has 0 saturated carbocycles. The second-order valence-corrected chi connectivity index (χ2v) is 8.42. The van der Waals surface area contributed by atoms with Gasteiger partial charge >= 0.3 is 5.97 Å². The molecule has 0 radical (unpaired) electrons. The number of ether oxygens (including phenoxy) is 3. The molecule has 1 aliphatic rings. The lowest BCUT2D eigenvalue weighted by Crippen LogP contribution is -2.31. The van der Waals surface area contributed by atoms with E-state index in [2.05, 4.69) is 10.6 Å². The number of anilines is 1. The van der Waals surface area contributed by atoms with Gasteiger partial charge in [-0.05, 0) is 54.2 Å². The van der Waals surface area contributed by atoms with Crippen molar-refractivity contribution in [1.29, 1.82) is 0 Å². The molecule has 1 aliphatic carbocycles. The highest BCUT2D eigenvalue weighted by molar-refractivity contribution is 5.84. The zero-order valence-electron chi connectivity index (χ0n) is 20.7. The van der Waals surface area contributed by atoms with Crippen molar-refractivity contribution in [3.8, 4) is 28.4 Å². The first-order chi connectivity index (χ1) is 16.7. The minimum absolute atomic E-state index is 0.168. The van der Waals surface area contributed by atoms with Gasteiger partial charge in [0.15, 0.2) is 11.5 Å². The van der Waals surface area contributed by atoms with E-state index in [0.717, 1.165) is 11.1 Å². The van der Waals surface area contributed by atoms with Crippen molar-refractivity contribution in [1.82, 2.24) is 5.32 Å². The molecule has 0 saturated heterocycles. The maximum absolute atomic E-state index is 13.2. The van der Waals surface area contributed by atoms with Crippen LogP contribution < -0.4 is 30.3 Å². The van der Waals surface area contributed by atoms with Crippen molar-refractivity contribution in [2.75, 3.05) is 26.6 Å². The number of hydrogen-bond donors (Lipinski definition) is 3. The molecule has 0 spiro atoms. The number of hydrogen-bond acceptors (Lipinski definition) is 7. The van der Waals surface area contributed by atoms with Gasteiger partial charge in [0.2, 0.25) is 17.1 Å². The molecule has 9 nitrogen and oxygen atoms in total. The zero-order chi connectivity index (χ0) is 25.7. The van der Waals surface area contributed by atoms with Crippen molar-refractivity contribution < 1.29 is 28.9 Å². The second-order valence-electron chi connectivity index (χ2n) is 8.42. The van der Waals surface area contributed by atoms with E-state index in [1.807, 2.05) is 13.0 Å². The van der Waals surface area contributed by atoms with E-state index in [9.17, 15) is 19.5 Å². The smallest absolute Gasteiger partial charge is 0.326 e. The molecule has 3 N–H and O–H groups in total. The van der Waals surface area contributed by atoms with Crippen molar-refractivity contribution in [2.24, 2.45) is 0 Å². The number of methoxy groups -OCH3 is 3. The first-order valence-electron chi connectivity index (χ1n) is 11.5. The Morgan fingerprint density at radius 1 is 1.11 bits per heavy atom. The Bertz CT molecular complexity index is 1180. The van der Waals surface area contributed by atoms with Crippen LogP contribution in [0, 0.1) is 0 Å². The summed E-state index contributed by atoms with van der Waals surface area (Å²) in [6.07, 6.45) is 2.14. The van der Waals surface area contributed by atoms with Gasteiger partial charge < -0.3 is 30.0 Å². The Morgan fingerprint density at radius 2 is 1.83 bits per heavy atom. The fraction of sp³-hybridized carbons (Fsp3) is 0.423. The Kier molecular flexibility index (Phi) is 8.22. The first-order valence-corrected chi connectivity index (χ1v) is 11.5. The SMILES string of the molecule is CCCC(Nc1ccc2c(cc1=O)[C@H](NC(C)=O)CCc1cc(OC)c(OC)c(OC)c1-2)C(=O)O. The third-order valence-electron chi connectivity index (χ3n) is 6.12. The van der Waals surface area contributed by atoms with Crippen molar-refractivity contribution in [3.05, 3.63) is 45.6 Å². The topological polar surface area (TPSA) is 123 Å². The quantitative estimate of drug-likeness (QED) is 0.494. The molecule has 35 heavy (non-hydrogen) atoms. The summed E-state index contributed by atoms with van der Waals surface area (Å²) in [5.74, 6) is 0.131. The zero-order valence-corrected chi connectivity index (χ0v) is 20.7. The maximum Gasteiger partial charge on any atom is 0.326 e. The van der Waals surface area contributed by atoms with Crippen molar-refractivity contribution in [2.45, 2.75) is 51.6 Å².